The summed E-state index contributed by atoms with van der Waals surface area (Å²) >= 11 is 0. The lowest BCUT2D eigenvalue weighted by Gasteiger charge is -2.09. The van der Waals surface area contributed by atoms with Crippen LogP contribution < -0.4 is 15.8 Å². The van der Waals surface area contributed by atoms with Crippen LogP contribution in [0.4, 0.5) is 0 Å². The smallest absolute Gasteiger partial charge is 0.189 e. The lowest BCUT2D eigenvalue weighted by atomic mass is 10.2. The van der Waals surface area contributed by atoms with E-state index in [1.165, 1.54) is 0 Å². The number of benzene rings is 1. The molecule has 0 heterocycles. The molecular weight excluding hydrogens is 238 g/mol. The third kappa shape index (κ3) is 6.50. The first-order valence-corrected chi connectivity index (χ1v) is 6.48. The second-order valence-corrected chi connectivity index (χ2v) is 4.72. The molecule has 4 nitrogen and oxygen atoms in total. The van der Waals surface area contributed by atoms with Crippen molar-refractivity contribution >= 4 is 5.96 Å². The number of ether oxygens (including phenoxy) is 1. The third-order valence-corrected chi connectivity index (χ3v) is 2.34. The molecule has 0 bridgehead atoms. The quantitative estimate of drug-likeness (QED) is 0.450. The minimum Gasteiger partial charge on any atom is -0.493 e. The molecule has 0 saturated carbocycles. The van der Waals surface area contributed by atoms with Crippen molar-refractivity contribution in [2.75, 3.05) is 13.2 Å². The van der Waals surface area contributed by atoms with Gasteiger partial charge in [0.2, 0.25) is 0 Å². The van der Waals surface area contributed by atoms with Crippen LogP contribution in [-0.2, 0) is 6.54 Å². The molecule has 1 aromatic carbocycles. The van der Waals surface area contributed by atoms with Crippen LogP contribution in [0.15, 0.2) is 41.9 Å². The number of guanidine groups is 1. The van der Waals surface area contributed by atoms with E-state index in [0.717, 1.165) is 17.9 Å². The average Bonchev–Trinajstić information content (AvgIpc) is 2.41. The molecule has 0 unspecified atom stereocenters. The Morgan fingerprint density at radius 3 is 3.00 bits per heavy atom. The number of rotatable bonds is 7. The van der Waals surface area contributed by atoms with Crippen molar-refractivity contribution in [1.29, 1.82) is 0 Å². The molecule has 4 heteroatoms. The van der Waals surface area contributed by atoms with Gasteiger partial charge in [0.15, 0.2) is 5.96 Å². The molecule has 0 aliphatic carbocycles. The molecule has 0 amide bonds. The molecule has 0 spiro atoms. The molecule has 0 atom stereocenters. The third-order valence-electron chi connectivity index (χ3n) is 2.34. The number of nitrogens with one attached hydrogen (secondary N) is 1. The predicted molar refractivity (Wildman–Crippen MR) is 80.3 cm³/mol. The van der Waals surface area contributed by atoms with E-state index in [1.807, 2.05) is 24.3 Å². The fourth-order valence-electron chi connectivity index (χ4n) is 1.41. The van der Waals surface area contributed by atoms with Crippen LogP contribution in [0.1, 0.15) is 19.4 Å². The molecule has 0 aliphatic heterocycles. The van der Waals surface area contributed by atoms with Gasteiger partial charge in [0.05, 0.1) is 13.2 Å². The first-order valence-electron chi connectivity index (χ1n) is 6.48. The van der Waals surface area contributed by atoms with E-state index in [-0.39, 0.29) is 0 Å². The van der Waals surface area contributed by atoms with Crippen LogP contribution in [0.5, 0.6) is 5.75 Å². The Labute approximate surface area is 115 Å². The second-order valence-electron chi connectivity index (χ2n) is 4.72. The first-order chi connectivity index (χ1) is 9.11. The second kappa shape index (κ2) is 8.19. The van der Waals surface area contributed by atoms with Gasteiger partial charge in [-0.05, 0) is 23.6 Å². The van der Waals surface area contributed by atoms with Crippen LogP contribution in [0.3, 0.4) is 0 Å². The SMILES string of the molecule is C=CCNC(N)=NCc1cccc(OCC(C)C)c1. The van der Waals surface area contributed by atoms with Crippen molar-refractivity contribution in [2.24, 2.45) is 16.6 Å². The molecule has 3 N–H and O–H groups in total. The summed E-state index contributed by atoms with van der Waals surface area (Å²) in [6.07, 6.45) is 1.74. The summed E-state index contributed by atoms with van der Waals surface area (Å²) in [7, 11) is 0. The Balaban J connectivity index is 2.54. The zero-order valence-electron chi connectivity index (χ0n) is 11.7. The number of hydrogen-bond donors (Lipinski definition) is 2. The van der Waals surface area contributed by atoms with Crippen molar-refractivity contribution in [3.8, 4) is 5.75 Å². The average molecular weight is 261 g/mol. The summed E-state index contributed by atoms with van der Waals surface area (Å²) < 4.78 is 5.67. The van der Waals surface area contributed by atoms with Gasteiger partial charge in [0.1, 0.15) is 5.75 Å². The van der Waals surface area contributed by atoms with Crippen molar-refractivity contribution < 1.29 is 4.74 Å². The number of aliphatic imine (C=N–C) groups is 1. The van der Waals surface area contributed by atoms with Gasteiger partial charge in [-0.15, -0.1) is 6.58 Å². The standard InChI is InChI=1S/C15H23N3O/c1-4-8-17-15(16)18-10-13-6-5-7-14(9-13)19-11-12(2)3/h4-7,9,12H,1,8,10-11H2,2-3H3,(H3,16,17,18). The highest BCUT2D eigenvalue weighted by atomic mass is 16.5. The summed E-state index contributed by atoms with van der Waals surface area (Å²) in [6.45, 7) is 9.73. The van der Waals surface area contributed by atoms with E-state index in [4.69, 9.17) is 10.5 Å². The molecule has 0 radical (unpaired) electrons. The van der Waals surface area contributed by atoms with Crippen LogP contribution in [0.2, 0.25) is 0 Å². The number of nitrogens with two attached hydrogens (primary N) is 1. The number of hydrogen-bond acceptors (Lipinski definition) is 2. The normalized spacial score (nSPS) is 11.4. The maximum Gasteiger partial charge on any atom is 0.189 e. The van der Waals surface area contributed by atoms with E-state index in [1.54, 1.807) is 6.08 Å². The zero-order chi connectivity index (χ0) is 14.1. The van der Waals surface area contributed by atoms with Gasteiger partial charge in [-0.1, -0.05) is 32.1 Å². The Morgan fingerprint density at radius 1 is 1.53 bits per heavy atom. The van der Waals surface area contributed by atoms with Crippen molar-refractivity contribution in [2.45, 2.75) is 20.4 Å². The minimum atomic E-state index is 0.424. The Kier molecular flexibility index (Phi) is 6.50. The zero-order valence-corrected chi connectivity index (χ0v) is 11.7. The van der Waals surface area contributed by atoms with Gasteiger partial charge in [-0.3, -0.25) is 0 Å². The van der Waals surface area contributed by atoms with Crippen LogP contribution >= 0.6 is 0 Å². The highest BCUT2D eigenvalue weighted by molar-refractivity contribution is 5.77. The van der Waals surface area contributed by atoms with Gasteiger partial charge in [-0.2, -0.15) is 0 Å². The number of nitrogens with zero attached hydrogens (tertiary/aromatic N) is 1. The molecule has 1 rings (SSSR count). The lowest BCUT2D eigenvalue weighted by Crippen LogP contribution is -2.31. The first kappa shape index (κ1) is 15.1. The van der Waals surface area contributed by atoms with E-state index in [0.29, 0.717) is 25.0 Å². The van der Waals surface area contributed by atoms with E-state index >= 15 is 0 Å². The van der Waals surface area contributed by atoms with Gasteiger partial charge in [0.25, 0.3) is 0 Å². The predicted octanol–water partition coefficient (Wildman–Crippen LogP) is 2.31. The van der Waals surface area contributed by atoms with Gasteiger partial charge < -0.3 is 15.8 Å². The monoisotopic (exact) mass is 261 g/mol. The minimum absolute atomic E-state index is 0.424. The van der Waals surface area contributed by atoms with Gasteiger partial charge >= 0.3 is 0 Å². The molecular formula is C15H23N3O. The van der Waals surface area contributed by atoms with E-state index < -0.39 is 0 Å². The van der Waals surface area contributed by atoms with Crippen LogP contribution in [0.25, 0.3) is 0 Å². The Bertz CT molecular complexity index is 427. The van der Waals surface area contributed by atoms with Crippen LogP contribution in [0, 0.1) is 5.92 Å². The van der Waals surface area contributed by atoms with Crippen molar-refractivity contribution in [3.05, 3.63) is 42.5 Å². The molecule has 0 fully saturated rings. The highest BCUT2D eigenvalue weighted by Crippen LogP contribution is 2.14. The Morgan fingerprint density at radius 2 is 2.32 bits per heavy atom. The fraction of sp³-hybridized carbons (Fsp3) is 0.400. The summed E-state index contributed by atoms with van der Waals surface area (Å²) in [5, 5.41) is 2.94. The fourth-order valence-corrected chi connectivity index (χ4v) is 1.41. The maximum atomic E-state index is 5.70. The Hall–Kier alpha value is -1.97. The molecule has 0 aliphatic rings. The van der Waals surface area contributed by atoms with Gasteiger partial charge in [0, 0.05) is 6.54 Å². The summed E-state index contributed by atoms with van der Waals surface area (Å²) in [4.78, 5) is 4.25. The molecule has 0 saturated heterocycles. The lowest BCUT2D eigenvalue weighted by molar-refractivity contribution is 0.271. The molecule has 0 aromatic heterocycles. The van der Waals surface area contributed by atoms with E-state index in [9.17, 15) is 0 Å². The summed E-state index contributed by atoms with van der Waals surface area (Å²) in [5.41, 5.74) is 6.78. The van der Waals surface area contributed by atoms with Crippen molar-refractivity contribution in [1.82, 2.24) is 5.32 Å². The molecule has 1 aromatic rings. The topological polar surface area (TPSA) is 59.6 Å². The molecule has 104 valence electrons. The summed E-state index contributed by atoms with van der Waals surface area (Å²) in [6, 6.07) is 7.92. The van der Waals surface area contributed by atoms with Crippen LogP contribution in [-0.4, -0.2) is 19.1 Å². The molecule has 19 heavy (non-hydrogen) atoms. The van der Waals surface area contributed by atoms with Crippen molar-refractivity contribution in [3.63, 3.8) is 0 Å². The van der Waals surface area contributed by atoms with Gasteiger partial charge in [-0.25, -0.2) is 4.99 Å². The maximum absolute atomic E-state index is 5.70. The highest BCUT2D eigenvalue weighted by Gasteiger charge is 1.99. The van der Waals surface area contributed by atoms with E-state index in [2.05, 4.69) is 30.7 Å². The largest absolute Gasteiger partial charge is 0.493 e. The summed E-state index contributed by atoms with van der Waals surface area (Å²) in [5.74, 6) is 1.81.